The molecule has 0 heterocycles. The summed E-state index contributed by atoms with van der Waals surface area (Å²) in [6.45, 7) is 1.67. The molecule has 1 aromatic carbocycles. The zero-order chi connectivity index (χ0) is 12.0. The maximum Gasteiger partial charge on any atom is 0.236 e. The van der Waals surface area contributed by atoms with Gasteiger partial charge in [-0.05, 0) is 19.1 Å². The molecule has 0 bridgehead atoms. The third-order valence-electron chi connectivity index (χ3n) is 1.86. The van der Waals surface area contributed by atoms with E-state index < -0.39 is 5.91 Å². The predicted octanol–water partition coefficient (Wildman–Crippen LogP) is 0.769. The van der Waals surface area contributed by atoms with E-state index in [-0.39, 0.29) is 17.7 Å². The zero-order valence-electron chi connectivity index (χ0n) is 8.97. The Morgan fingerprint density at radius 3 is 2.56 bits per heavy atom. The molecular weight excluding hydrogens is 224 g/mol. The third-order valence-corrected chi connectivity index (χ3v) is 2.97. The van der Waals surface area contributed by atoms with Crippen molar-refractivity contribution in [3.8, 4) is 0 Å². The number of carbonyl (C=O) groups excluding carboxylic acids is 2. The van der Waals surface area contributed by atoms with E-state index in [1.54, 1.807) is 6.92 Å². The van der Waals surface area contributed by atoms with Gasteiger partial charge < -0.3 is 11.1 Å². The van der Waals surface area contributed by atoms with Gasteiger partial charge in [-0.25, -0.2) is 0 Å². The van der Waals surface area contributed by atoms with Crippen molar-refractivity contribution >= 4 is 23.6 Å². The van der Waals surface area contributed by atoms with Gasteiger partial charge in [-0.3, -0.25) is 9.59 Å². The Balaban J connectivity index is 2.43. The molecule has 2 amide bonds. The van der Waals surface area contributed by atoms with Gasteiger partial charge in [-0.1, -0.05) is 18.2 Å². The van der Waals surface area contributed by atoms with Crippen molar-refractivity contribution in [2.24, 2.45) is 5.73 Å². The van der Waals surface area contributed by atoms with Crippen LogP contribution in [0.25, 0.3) is 0 Å². The zero-order valence-corrected chi connectivity index (χ0v) is 9.79. The number of carbonyl (C=O) groups is 2. The highest BCUT2D eigenvalue weighted by Crippen LogP contribution is 2.22. The molecule has 0 aliphatic rings. The van der Waals surface area contributed by atoms with Gasteiger partial charge in [0.05, 0.1) is 11.8 Å². The summed E-state index contributed by atoms with van der Waals surface area (Å²) in [4.78, 5) is 23.0. The molecular formula is C11H14N2O2S. The molecule has 0 fully saturated rings. The standard InChI is InChI=1S/C11H14N2O2S/c1-8(11(15)13-7-10(12)14)16-9-5-3-2-4-6-9/h2-6,8H,7H2,1H3,(H2,12,14)(H,13,15)/t8-/m0/s1. The first kappa shape index (κ1) is 12.6. The van der Waals surface area contributed by atoms with Gasteiger partial charge in [-0.2, -0.15) is 0 Å². The van der Waals surface area contributed by atoms with Crippen molar-refractivity contribution in [2.75, 3.05) is 6.54 Å². The van der Waals surface area contributed by atoms with E-state index in [4.69, 9.17) is 5.73 Å². The Labute approximate surface area is 98.6 Å². The first-order chi connectivity index (χ1) is 7.59. The molecule has 1 aromatic rings. The molecule has 1 rings (SSSR count). The van der Waals surface area contributed by atoms with Gasteiger partial charge >= 0.3 is 0 Å². The molecule has 0 aromatic heterocycles. The van der Waals surface area contributed by atoms with Crippen molar-refractivity contribution in [1.82, 2.24) is 5.32 Å². The SMILES string of the molecule is C[C@H](Sc1ccccc1)C(=O)NCC(N)=O. The van der Waals surface area contributed by atoms with Gasteiger partial charge in [-0.15, -0.1) is 11.8 Å². The summed E-state index contributed by atoms with van der Waals surface area (Å²) in [6.07, 6.45) is 0. The van der Waals surface area contributed by atoms with Crippen LogP contribution < -0.4 is 11.1 Å². The first-order valence-corrected chi connectivity index (χ1v) is 5.75. The van der Waals surface area contributed by atoms with Crippen molar-refractivity contribution in [3.05, 3.63) is 30.3 Å². The van der Waals surface area contributed by atoms with E-state index >= 15 is 0 Å². The highest BCUT2D eigenvalue weighted by molar-refractivity contribution is 8.00. The molecule has 3 N–H and O–H groups in total. The summed E-state index contributed by atoms with van der Waals surface area (Å²) in [6, 6.07) is 9.61. The smallest absolute Gasteiger partial charge is 0.236 e. The highest BCUT2D eigenvalue weighted by atomic mass is 32.2. The molecule has 4 nitrogen and oxygen atoms in total. The van der Waals surface area contributed by atoms with E-state index in [0.29, 0.717) is 0 Å². The van der Waals surface area contributed by atoms with Gasteiger partial charge in [0, 0.05) is 4.90 Å². The maximum absolute atomic E-state index is 11.5. The van der Waals surface area contributed by atoms with Gasteiger partial charge in [0.1, 0.15) is 0 Å². The Kier molecular flexibility index (Phi) is 4.85. The Bertz CT molecular complexity index is 368. The van der Waals surface area contributed by atoms with Crippen molar-refractivity contribution < 1.29 is 9.59 Å². The average Bonchev–Trinajstić information content (AvgIpc) is 2.27. The van der Waals surface area contributed by atoms with Crippen LogP contribution >= 0.6 is 11.8 Å². The van der Waals surface area contributed by atoms with Crippen LogP contribution in [0.15, 0.2) is 35.2 Å². The Hall–Kier alpha value is -1.49. The molecule has 16 heavy (non-hydrogen) atoms. The largest absolute Gasteiger partial charge is 0.368 e. The Morgan fingerprint density at radius 2 is 2.00 bits per heavy atom. The van der Waals surface area contributed by atoms with Crippen LogP contribution in [0, 0.1) is 0 Å². The fourth-order valence-corrected chi connectivity index (χ4v) is 1.99. The number of hydrogen-bond acceptors (Lipinski definition) is 3. The van der Waals surface area contributed by atoms with Gasteiger partial charge in [0.2, 0.25) is 11.8 Å². The van der Waals surface area contributed by atoms with E-state index in [1.165, 1.54) is 11.8 Å². The summed E-state index contributed by atoms with van der Waals surface area (Å²) < 4.78 is 0. The van der Waals surface area contributed by atoms with Crippen molar-refractivity contribution in [3.63, 3.8) is 0 Å². The normalized spacial score (nSPS) is 11.8. The summed E-state index contributed by atoms with van der Waals surface area (Å²) in [5, 5.41) is 2.22. The number of nitrogens with two attached hydrogens (primary N) is 1. The van der Waals surface area contributed by atoms with Crippen molar-refractivity contribution in [2.45, 2.75) is 17.1 Å². The number of primary amides is 1. The lowest BCUT2D eigenvalue weighted by Crippen LogP contribution is -2.37. The topological polar surface area (TPSA) is 72.2 Å². The molecule has 0 radical (unpaired) electrons. The lowest BCUT2D eigenvalue weighted by molar-refractivity contribution is -0.124. The molecule has 0 spiro atoms. The molecule has 0 unspecified atom stereocenters. The van der Waals surface area contributed by atoms with E-state index in [2.05, 4.69) is 5.32 Å². The summed E-state index contributed by atoms with van der Waals surface area (Å²) in [5.41, 5.74) is 4.93. The molecule has 0 saturated carbocycles. The second-order valence-electron chi connectivity index (χ2n) is 3.26. The quantitative estimate of drug-likeness (QED) is 0.744. The first-order valence-electron chi connectivity index (χ1n) is 4.87. The van der Waals surface area contributed by atoms with E-state index in [1.807, 2.05) is 30.3 Å². The monoisotopic (exact) mass is 238 g/mol. The molecule has 0 aliphatic carbocycles. The van der Waals surface area contributed by atoms with Crippen LogP contribution in [0.5, 0.6) is 0 Å². The molecule has 0 aliphatic heterocycles. The van der Waals surface area contributed by atoms with Crippen LogP contribution in [-0.2, 0) is 9.59 Å². The summed E-state index contributed by atoms with van der Waals surface area (Å²) in [7, 11) is 0. The number of benzene rings is 1. The predicted molar refractivity (Wildman–Crippen MR) is 64.0 cm³/mol. The molecule has 1 atom stereocenters. The average molecular weight is 238 g/mol. The van der Waals surface area contributed by atoms with Gasteiger partial charge in [0.25, 0.3) is 0 Å². The minimum Gasteiger partial charge on any atom is -0.368 e. The summed E-state index contributed by atoms with van der Waals surface area (Å²) in [5.74, 6) is -0.724. The van der Waals surface area contributed by atoms with Crippen LogP contribution in [0.3, 0.4) is 0 Å². The second-order valence-corrected chi connectivity index (χ2v) is 4.67. The minimum atomic E-state index is -0.537. The van der Waals surface area contributed by atoms with Crippen LogP contribution in [0.4, 0.5) is 0 Å². The third kappa shape index (κ3) is 4.35. The second kappa shape index (κ2) is 6.17. The Morgan fingerprint density at radius 1 is 1.38 bits per heavy atom. The number of nitrogens with one attached hydrogen (secondary N) is 1. The van der Waals surface area contributed by atoms with Crippen LogP contribution in [0.1, 0.15) is 6.92 Å². The molecule has 5 heteroatoms. The number of rotatable bonds is 5. The number of hydrogen-bond donors (Lipinski definition) is 2. The fourth-order valence-electron chi connectivity index (χ4n) is 1.07. The summed E-state index contributed by atoms with van der Waals surface area (Å²) >= 11 is 1.44. The molecule has 0 saturated heterocycles. The van der Waals surface area contributed by atoms with Gasteiger partial charge in [0.15, 0.2) is 0 Å². The molecule has 86 valence electrons. The highest BCUT2D eigenvalue weighted by Gasteiger charge is 2.14. The lowest BCUT2D eigenvalue weighted by atomic mass is 10.4. The van der Waals surface area contributed by atoms with E-state index in [0.717, 1.165) is 4.90 Å². The van der Waals surface area contributed by atoms with Crippen molar-refractivity contribution in [1.29, 1.82) is 0 Å². The van der Waals surface area contributed by atoms with Crippen LogP contribution in [0.2, 0.25) is 0 Å². The maximum atomic E-state index is 11.5. The number of amides is 2. The van der Waals surface area contributed by atoms with E-state index in [9.17, 15) is 9.59 Å². The fraction of sp³-hybridized carbons (Fsp3) is 0.273. The minimum absolute atomic E-state index is 0.113. The lowest BCUT2D eigenvalue weighted by Gasteiger charge is -2.10. The van der Waals surface area contributed by atoms with Crippen LogP contribution in [-0.4, -0.2) is 23.6 Å². The number of thioether (sulfide) groups is 1.